The van der Waals surface area contributed by atoms with E-state index in [1.54, 1.807) is 38.5 Å². The Kier molecular flexibility index (Phi) is 5.20. The van der Waals surface area contributed by atoms with Crippen molar-refractivity contribution in [1.29, 1.82) is 0 Å². The summed E-state index contributed by atoms with van der Waals surface area (Å²) in [6, 6.07) is 23.0. The molecule has 4 rings (SSSR count). The van der Waals surface area contributed by atoms with Gasteiger partial charge in [-0.15, -0.1) is 0 Å². The number of carbonyl (C=O) groups is 1. The Balaban J connectivity index is 1.70. The average molecular weight is 408 g/mol. The van der Waals surface area contributed by atoms with E-state index >= 15 is 0 Å². The molecule has 0 heterocycles. The maximum absolute atomic E-state index is 13.1. The van der Waals surface area contributed by atoms with E-state index in [1.807, 2.05) is 36.4 Å². The second-order valence-electron chi connectivity index (χ2n) is 7.19. The summed E-state index contributed by atoms with van der Waals surface area (Å²) in [4.78, 5) is 13.1. The second-order valence-corrected chi connectivity index (χ2v) is 7.62. The molecule has 0 aromatic heterocycles. The van der Waals surface area contributed by atoms with Crippen molar-refractivity contribution in [2.45, 2.75) is 11.8 Å². The van der Waals surface area contributed by atoms with Crippen molar-refractivity contribution in [2.75, 3.05) is 19.5 Å². The molecule has 1 fully saturated rings. The summed E-state index contributed by atoms with van der Waals surface area (Å²) in [5, 5.41) is 3.66. The number of halogens is 1. The van der Waals surface area contributed by atoms with Crippen molar-refractivity contribution in [3.63, 3.8) is 0 Å². The molecule has 1 aliphatic carbocycles. The number of ether oxygens (including phenoxy) is 2. The van der Waals surface area contributed by atoms with Crippen LogP contribution in [0.15, 0.2) is 72.8 Å². The zero-order valence-corrected chi connectivity index (χ0v) is 17.1. The molecular weight excluding hydrogens is 386 g/mol. The van der Waals surface area contributed by atoms with Gasteiger partial charge in [0, 0.05) is 16.1 Å². The van der Waals surface area contributed by atoms with Crippen LogP contribution in [0.3, 0.4) is 0 Å². The zero-order valence-electron chi connectivity index (χ0n) is 16.3. The van der Waals surface area contributed by atoms with Crippen molar-refractivity contribution in [1.82, 2.24) is 0 Å². The monoisotopic (exact) mass is 407 g/mol. The van der Waals surface area contributed by atoms with Gasteiger partial charge in [-0.25, -0.2) is 0 Å². The van der Waals surface area contributed by atoms with Gasteiger partial charge in [0.2, 0.25) is 5.91 Å². The summed E-state index contributed by atoms with van der Waals surface area (Å²) >= 11 is 5.95. The lowest BCUT2D eigenvalue weighted by Crippen LogP contribution is -2.22. The van der Waals surface area contributed by atoms with E-state index in [4.69, 9.17) is 21.1 Å². The Labute approximate surface area is 175 Å². The van der Waals surface area contributed by atoms with E-state index in [1.165, 1.54) is 0 Å². The highest BCUT2D eigenvalue weighted by molar-refractivity contribution is 6.30. The van der Waals surface area contributed by atoms with Crippen LogP contribution in [0.2, 0.25) is 5.02 Å². The number of rotatable bonds is 6. The Morgan fingerprint density at radius 1 is 0.931 bits per heavy atom. The molecule has 4 nitrogen and oxygen atoms in total. The lowest BCUT2D eigenvalue weighted by Gasteiger charge is -2.20. The Hall–Kier alpha value is -2.98. The van der Waals surface area contributed by atoms with Gasteiger partial charge in [-0.3, -0.25) is 4.79 Å². The topological polar surface area (TPSA) is 47.6 Å². The van der Waals surface area contributed by atoms with Crippen molar-refractivity contribution in [3.8, 4) is 11.5 Å². The Morgan fingerprint density at radius 2 is 1.48 bits per heavy atom. The highest BCUT2D eigenvalue weighted by atomic mass is 35.5. The highest BCUT2D eigenvalue weighted by Gasteiger charge is 2.60. The summed E-state index contributed by atoms with van der Waals surface area (Å²) in [6.07, 6.45) is 0.715. The summed E-state index contributed by atoms with van der Waals surface area (Å²) in [7, 11) is 3.30. The molecule has 0 radical (unpaired) electrons. The van der Waals surface area contributed by atoms with Crippen LogP contribution in [0.4, 0.5) is 5.69 Å². The van der Waals surface area contributed by atoms with Crippen LogP contribution in [0.25, 0.3) is 0 Å². The van der Waals surface area contributed by atoms with Gasteiger partial charge >= 0.3 is 0 Å². The first-order chi connectivity index (χ1) is 14.1. The van der Waals surface area contributed by atoms with Crippen molar-refractivity contribution >= 4 is 23.2 Å². The molecule has 0 saturated heterocycles. The third-order valence-electron chi connectivity index (χ3n) is 5.56. The van der Waals surface area contributed by atoms with Crippen LogP contribution in [0.5, 0.6) is 11.5 Å². The van der Waals surface area contributed by atoms with Crippen LogP contribution in [0.1, 0.15) is 17.5 Å². The van der Waals surface area contributed by atoms with E-state index in [0.717, 1.165) is 28.3 Å². The second kappa shape index (κ2) is 7.80. The predicted molar refractivity (Wildman–Crippen MR) is 115 cm³/mol. The van der Waals surface area contributed by atoms with Crippen LogP contribution < -0.4 is 14.8 Å². The first-order valence-corrected chi connectivity index (χ1v) is 9.80. The largest absolute Gasteiger partial charge is 0.497 e. The van der Waals surface area contributed by atoms with E-state index in [-0.39, 0.29) is 11.8 Å². The fourth-order valence-corrected chi connectivity index (χ4v) is 4.07. The molecule has 1 atom stereocenters. The van der Waals surface area contributed by atoms with E-state index < -0.39 is 5.41 Å². The van der Waals surface area contributed by atoms with Crippen molar-refractivity contribution < 1.29 is 14.3 Å². The fourth-order valence-electron chi connectivity index (χ4n) is 3.95. The number of anilines is 1. The molecular formula is C24H22ClNO3. The van der Waals surface area contributed by atoms with Crippen molar-refractivity contribution in [3.05, 3.63) is 88.9 Å². The molecule has 1 N–H and O–H groups in total. The average Bonchev–Trinajstić information content (AvgIpc) is 3.53. The molecule has 148 valence electrons. The number of nitrogens with one attached hydrogen (secondary N) is 1. The number of carbonyl (C=O) groups excluding carboxylic acids is 1. The molecule has 29 heavy (non-hydrogen) atoms. The van der Waals surface area contributed by atoms with E-state index in [0.29, 0.717) is 11.4 Å². The van der Waals surface area contributed by atoms with E-state index in [9.17, 15) is 4.79 Å². The Bertz CT molecular complexity index is 985. The summed E-state index contributed by atoms with van der Waals surface area (Å²) in [5.41, 5.74) is 2.43. The lowest BCUT2D eigenvalue weighted by atomic mass is 9.85. The van der Waals surface area contributed by atoms with Gasteiger partial charge in [0.1, 0.15) is 11.5 Å². The number of hydrogen-bond donors (Lipinski definition) is 1. The minimum atomic E-state index is -0.417. The first-order valence-electron chi connectivity index (χ1n) is 9.42. The molecule has 3 aromatic carbocycles. The van der Waals surface area contributed by atoms with Crippen LogP contribution in [-0.2, 0) is 10.2 Å². The minimum Gasteiger partial charge on any atom is -0.497 e. The molecule has 1 amide bonds. The molecule has 0 spiro atoms. The number of methoxy groups -OCH3 is 2. The van der Waals surface area contributed by atoms with Gasteiger partial charge in [-0.1, -0.05) is 35.9 Å². The molecule has 0 aliphatic heterocycles. The zero-order chi connectivity index (χ0) is 20.4. The highest BCUT2D eigenvalue weighted by Crippen LogP contribution is 2.60. The fraction of sp³-hybridized carbons (Fsp3) is 0.208. The number of hydrogen-bond acceptors (Lipinski definition) is 3. The molecule has 1 unspecified atom stereocenters. The maximum Gasteiger partial charge on any atom is 0.228 e. The minimum absolute atomic E-state index is 0.0158. The molecule has 1 saturated carbocycles. The third kappa shape index (κ3) is 3.68. The van der Waals surface area contributed by atoms with Gasteiger partial charge in [0.05, 0.1) is 20.1 Å². The van der Waals surface area contributed by atoms with Gasteiger partial charge in [-0.05, 0) is 66.1 Å². The summed E-state index contributed by atoms with van der Waals surface area (Å²) in [5.74, 6) is 1.33. The third-order valence-corrected chi connectivity index (χ3v) is 5.81. The van der Waals surface area contributed by atoms with Gasteiger partial charge in [0.15, 0.2) is 0 Å². The summed E-state index contributed by atoms with van der Waals surface area (Å²) in [6.45, 7) is 0. The Morgan fingerprint density at radius 3 is 2.00 bits per heavy atom. The summed E-state index contributed by atoms with van der Waals surface area (Å²) < 4.78 is 10.8. The van der Waals surface area contributed by atoms with Crippen LogP contribution in [-0.4, -0.2) is 20.1 Å². The predicted octanol–water partition coefficient (Wildman–Crippen LogP) is 5.30. The van der Waals surface area contributed by atoms with Crippen LogP contribution >= 0.6 is 11.6 Å². The van der Waals surface area contributed by atoms with Crippen LogP contribution in [0, 0.1) is 5.92 Å². The lowest BCUT2D eigenvalue weighted by molar-refractivity contribution is -0.117. The SMILES string of the molecule is COc1cccc(C2(c3cccc(OC)c3)CC2C(=O)Nc2ccc(Cl)cc2)c1. The molecule has 1 aliphatic rings. The first kappa shape index (κ1) is 19.3. The smallest absolute Gasteiger partial charge is 0.228 e. The molecule has 5 heteroatoms. The van der Waals surface area contributed by atoms with Crippen molar-refractivity contribution in [2.24, 2.45) is 5.92 Å². The van der Waals surface area contributed by atoms with E-state index in [2.05, 4.69) is 17.4 Å². The number of amides is 1. The normalized spacial score (nSPS) is 16.7. The van der Waals surface area contributed by atoms with Gasteiger partial charge < -0.3 is 14.8 Å². The standard InChI is InChI=1S/C24H22ClNO3/c1-28-20-7-3-5-16(13-20)24(17-6-4-8-21(14-17)29-2)15-22(24)23(27)26-19-11-9-18(25)10-12-19/h3-14,22H,15H2,1-2H3,(H,26,27). The number of benzene rings is 3. The maximum atomic E-state index is 13.1. The molecule has 3 aromatic rings. The molecule has 0 bridgehead atoms. The van der Waals surface area contributed by atoms with Gasteiger partial charge in [0.25, 0.3) is 0 Å². The van der Waals surface area contributed by atoms with Gasteiger partial charge in [-0.2, -0.15) is 0 Å². The quantitative estimate of drug-likeness (QED) is 0.603.